The number of nitrogens with one attached hydrogen (secondary N) is 1. The van der Waals surface area contributed by atoms with E-state index in [9.17, 15) is 9.90 Å². The quantitative estimate of drug-likeness (QED) is 0.293. The van der Waals surface area contributed by atoms with Gasteiger partial charge in [0.1, 0.15) is 11.4 Å². The number of nitrogens with zero attached hydrogens (tertiary/aromatic N) is 1. The number of aromatic nitrogens is 1. The van der Waals surface area contributed by atoms with Gasteiger partial charge in [-0.25, -0.2) is 4.79 Å². The van der Waals surface area contributed by atoms with Gasteiger partial charge in [-0.1, -0.05) is 54.1 Å². The van der Waals surface area contributed by atoms with Crippen LogP contribution in [0.4, 0.5) is 0 Å². The molecule has 0 unspecified atom stereocenters. The van der Waals surface area contributed by atoms with Crippen molar-refractivity contribution >= 4 is 28.5 Å². The molecule has 0 spiro atoms. The smallest absolute Gasteiger partial charge is 0.352 e. The number of aromatic carboxylic acids is 1. The summed E-state index contributed by atoms with van der Waals surface area (Å²) in [4.78, 5) is 12.3. The zero-order valence-electron chi connectivity index (χ0n) is 18.6. The Labute approximate surface area is 198 Å². The number of para-hydroxylation sites is 1. The lowest BCUT2D eigenvalue weighted by molar-refractivity contribution is 0.0684. The van der Waals surface area contributed by atoms with Crippen molar-refractivity contribution in [3.63, 3.8) is 0 Å². The van der Waals surface area contributed by atoms with Gasteiger partial charge in [0.2, 0.25) is 0 Å². The molecule has 3 aromatic carbocycles. The summed E-state index contributed by atoms with van der Waals surface area (Å²) in [6.45, 7) is 4.30. The molecule has 0 saturated heterocycles. The van der Waals surface area contributed by atoms with Crippen LogP contribution in [0, 0.1) is 0 Å². The third-order valence-electron chi connectivity index (χ3n) is 5.66. The molecule has 0 aliphatic heterocycles. The average molecular weight is 463 g/mol. The lowest BCUT2D eigenvalue weighted by Gasteiger charge is -2.10. The largest absolute Gasteiger partial charge is 0.494 e. The van der Waals surface area contributed by atoms with Gasteiger partial charge in [-0.3, -0.25) is 0 Å². The van der Waals surface area contributed by atoms with Gasteiger partial charge in [0, 0.05) is 34.6 Å². The minimum atomic E-state index is -0.927. The van der Waals surface area contributed by atoms with Gasteiger partial charge >= 0.3 is 5.97 Å². The van der Waals surface area contributed by atoms with Crippen LogP contribution < -0.4 is 10.1 Å². The molecule has 4 rings (SSSR count). The highest BCUT2D eigenvalue weighted by Gasteiger charge is 2.22. The van der Waals surface area contributed by atoms with E-state index >= 15 is 0 Å². The maximum Gasteiger partial charge on any atom is 0.352 e. The molecule has 0 amide bonds. The highest BCUT2D eigenvalue weighted by molar-refractivity contribution is 6.30. The van der Waals surface area contributed by atoms with Crippen molar-refractivity contribution in [1.29, 1.82) is 0 Å². The molecule has 0 fully saturated rings. The summed E-state index contributed by atoms with van der Waals surface area (Å²) in [7, 11) is 0. The molecule has 4 aromatic rings. The maximum absolute atomic E-state index is 12.3. The van der Waals surface area contributed by atoms with Crippen LogP contribution in [0.5, 0.6) is 5.75 Å². The maximum atomic E-state index is 12.3. The van der Waals surface area contributed by atoms with E-state index in [1.165, 1.54) is 5.56 Å². The van der Waals surface area contributed by atoms with E-state index in [0.717, 1.165) is 40.7 Å². The average Bonchev–Trinajstić information content (AvgIpc) is 3.13. The zero-order chi connectivity index (χ0) is 23.2. The number of ether oxygens (including phenoxy) is 1. The number of carboxylic acid groups (broad SMARTS) is 1. The molecule has 33 heavy (non-hydrogen) atoms. The van der Waals surface area contributed by atoms with Crippen LogP contribution >= 0.6 is 11.6 Å². The molecule has 170 valence electrons. The number of benzene rings is 3. The Morgan fingerprint density at radius 1 is 1.00 bits per heavy atom. The van der Waals surface area contributed by atoms with Crippen molar-refractivity contribution in [3.8, 4) is 5.75 Å². The number of fused-ring (bicyclic) bond motifs is 1. The third kappa shape index (κ3) is 5.38. The molecule has 0 atom stereocenters. The Hall–Kier alpha value is -3.28. The van der Waals surface area contributed by atoms with E-state index in [1.807, 2.05) is 72.2 Å². The molecule has 1 aromatic heterocycles. The van der Waals surface area contributed by atoms with Crippen molar-refractivity contribution in [2.45, 2.75) is 26.4 Å². The van der Waals surface area contributed by atoms with E-state index in [0.29, 0.717) is 30.4 Å². The van der Waals surface area contributed by atoms with Crippen molar-refractivity contribution in [1.82, 2.24) is 9.88 Å². The van der Waals surface area contributed by atoms with Gasteiger partial charge in [0.15, 0.2) is 0 Å². The predicted molar refractivity (Wildman–Crippen MR) is 132 cm³/mol. The van der Waals surface area contributed by atoms with E-state index in [4.69, 9.17) is 16.3 Å². The monoisotopic (exact) mass is 462 g/mol. The Kier molecular flexibility index (Phi) is 7.33. The fourth-order valence-corrected chi connectivity index (χ4v) is 4.23. The molecule has 0 radical (unpaired) electrons. The Morgan fingerprint density at radius 3 is 2.39 bits per heavy atom. The van der Waals surface area contributed by atoms with Gasteiger partial charge in [-0.05, 0) is 61.3 Å². The summed E-state index contributed by atoms with van der Waals surface area (Å²) in [5.41, 5.74) is 4.24. The molecule has 1 heterocycles. The molecule has 6 heteroatoms. The van der Waals surface area contributed by atoms with Crippen LogP contribution in [0.25, 0.3) is 10.9 Å². The molecule has 0 bridgehead atoms. The van der Waals surface area contributed by atoms with E-state index < -0.39 is 5.97 Å². The van der Waals surface area contributed by atoms with Crippen molar-refractivity contribution < 1.29 is 14.6 Å². The molecular formula is C27H27ClN2O3. The second-order valence-corrected chi connectivity index (χ2v) is 8.30. The minimum absolute atomic E-state index is 0.319. The molecule has 2 N–H and O–H groups in total. The van der Waals surface area contributed by atoms with Crippen LogP contribution in [0.2, 0.25) is 5.02 Å². The minimum Gasteiger partial charge on any atom is -0.494 e. The fraction of sp³-hybridized carbons (Fsp3) is 0.222. The summed E-state index contributed by atoms with van der Waals surface area (Å²) < 4.78 is 7.37. The Bertz CT molecular complexity index is 1230. The molecule has 0 saturated carbocycles. The highest BCUT2D eigenvalue weighted by atomic mass is 35.5. The Balaban J connectivity index is 1.53. The number of hydrogen-bond acceptors (Lipinski definition) is 3. The van der Waals surface area contributed by atoms with Crippen LogP contribution in [-0.4, -0.2) is 28.8 Å². The van der Waals surface area contributed by atoms with Gasteiger partial charge in [0.25, 0.3) is 0 Å². The standard InChI is InChI=1S/C27H27ClN2O3/c1-2-33-22-13-9-19(10-14-22)15-16-29-17-24-23-5-3-4-6-25(23)30(26(24)27(31)32)18-20-7-11-21(28)12-8-20/h3-14,29H,2,15-18H2,1H3,(H,31,32). The SMILES string of the molecule is CCOc1ccc(CCNCc2c(C(=O)O)n(Cc3ccc(Cl)cc3)c3ccccc23)cc1. The highest BCUT2D eigenvalue weighted by Crippen LogP contribution is 2.28. The molecule has 0 aliphatic rings. The normalized spacial score (nSPS) is 11.1. The first-order valence-electron chi connectivity index (χ1n) is 11.1. The molecule has 0 aliphatic carbocycles. The summed E-state index contributed by atoms with van der Waals surface area (Å²) in [5, 5.41) is 15.1. The number of halogens is 1. The summed E-state index contributed by atoms with van der Waals surface area (Å²) in [5.74, 6) is -0.0581. The van der Waals surface area contributed by atoms with Crippen LogP contribution in [-0.2, 0) is 19.5 Å². The van der Waals surface area contributed by atoms with Crippen molar-refractivity contribution in [2.75, 3.05) is 13.2 Å². The van der Waals surface area contributed by atoms with Crippen molar-refractivity contribution in [2.24, 2.45) is 0 Å². The van der Waals surface area contributed by atoms with Crippen LogP contribution in [0.3, 0.4) is 0 Å². The van der Waals surface area contributed by atoms with Crippen LogP contribution in [0.1, 0.15) is 34.1 Å². The number of carbonyl (C=O) groups is 1. The topological polar surface area (TPSA) is 63.5 Å². The second-order valence-electron chi connectivity index (χ2n) is 7.87. The van der Waals surface area contributed by atoms with E-state index in [-0.39, 0.29) is 0 Å². The summed E-state index contributed by atoms with van der Waals surface area (Å²) >= 11 is 6.02. The third-order valence-corrected chi connectivity index (χ3v) is 5.91. The van der Waals surface area contributed by atoms with Crippen molar-refractivity contribution in [3.05, 3.63) is 100 Å². The first kappa shape index (κ1) is 22.9. The van der Waals surface area contributed by atoms with Gasteiger partial charge in [-0.15, -0.1) is 0 Å². The number of hydrogen-bond donors (Lipinski definition) is 2. The lowest BCUT2D eigenvalue weighted by atomic mass is 10.1. The Morgan fingerprint density at radius 2 is 1.70 bits per heavy atom. The van der Waals surface area contributed by atoms with E-state index in [1.54, 1.807) is 0 Å². The summed E-state index contributed by atoms with van der Waals surface area (Å²) in [6.07, 6.45) is 0.845. The van der Waals surface area contributed by atoms with Gasteiger partial charge in [0.05, 0.1) is 6.61 Å². The van der Waals surface area contributed by atoms with Crippen LogP contribution in [0.15, 0.2) is 72.8 Å². The zero-order valence-corrected chi connectivity index (χ0v) is 19.3. The summed E-state index contributed by atoms with van der Waals surface area (Å²) in [6, 6.07) is 23.4. The second kappa shape index (κ2) is 10.6. The first-order valence-corrected chi connectivity index (χ1v) is 11.4. The number of carboxylic acids is 1. The predicted octanol–water partition coefficient (Wildman–Crippen LogP) is 5.77. The van der Waals surface area contributed by atoms with E-state index in [2.05, 4.69) is 17.4 Å². The van der Waals surface area contributed by atoms with Gasteiger partial charge in [-0.2, -0.15) is 0 Å². The first-order chi connectivity index (χ1) is 16.1. The number of rotatable bonds is 10. The molecule has 5 nitrogen and oxygen atoms in total. The lowest BCUT2D eigenvalue weighted by Crippen LogP contribution is -2.19. The van der Waals surface area contributed by atoms with Gasteiger partial charge < -0.3 is 19.7 Å². The molecular weight excluding hydrogens is 436 g/mol. The fourth-order valence-electron chi connectivity index (χ4n) is 4.10.